The molecule has 0 atom stereocenters. The molecule has 73 valence electrons. The Morgan fingerprint density at radius 1 is 1.33 bits per heavy atom. The largest absolute Gasteiger partial charge is 0.405 e. The lowest BCUT2D eigenvalue weighted by atomic mass is 10.4. The second-order valence-corrected chi connectivity index (χ2v) is 5.68. The Morgan fingerprint density at radius 2 is 1.83 bits per heavy atom. The SMILES string of the molecule is CO[Si](OC)C(C)(C)NCCN. The molecule has 0 bridgehead atoms. The van der Waals surface area contributed by atoms with Gasteiger partial charge in [0.25, 0.3) is 0 Å². The third-order valence-electron chi connectivity index (χ3n) is 1.59. The zero-order chi connectivity index (χ0) is 9.61. The molecule has 0 saturated carbocycles. The van der Waals surface area contributed by atoms with E-state index in [1.54, 1.807) is 14.2 Å². The summed E-state index contributed by atoms with van der Waals surface area (Å²) in [6.45, 7) is 5.54. The molecule has 4 nitrogen and oxygen atoms in total. The molecule has 0 saturated heterocycles. The molecule has 0 amide bonds. The van der Waals surface area contributed by atoms with Crippen molar-refractivity contribution in [3.63, 3.8) is 0 Å². The van der Waals surface area contributed by atoms with Crippen LogP contribution in [-0.4, -0.2) is 41.8 Å². The van der Waals surface area contributed by atoms with Crippen LogP contribution >= 0.6 is 0 Å². The molecular formula is C7H19N2O2Si. The molecule has 1 radical (unpaired) electrons. The summed E-state index contributed by atoms with van der Waals surface area (Å²) in [5.41, 5.74) is 5.39. The van der Waals surface area contributed by atoms with Gasteiger partial charge in [-0.3, -0.25) is 0 Å². The third kappa shape index (κ3) is 3.64. The molecule has 0 spiro atoms. The van der Waals surface area contributed by atoms with Gasteiger partial charge in [-0.1, -0.05) is 0 Å². The molecule has 0 aliphatic rings. The van der Waals surface area contributed by atoms with Crippen molar-refractivity contribution < 1.29 is 8.85 Å². The van der Waals surface area contributed by atoms with Crippen molar-refractivity contribution in [3.8, 4) is 0 Å². The Kier molecular flexibility index (Phi) is 5.69. The second kappa shape index (κ2) is 5.66. The first-order chi connectivity index (χ1) is 5.58. The van der Waals surface area contributed by atoms with E-state index in [0.29, 0.717) is 6.54 Å². The average molecular weight is 191 g/mol. The van der Waals surface area contributed by atoms with Gasteiger partial charge in [-0.05, 0) is 13.8 Å². The van der Waals surface area contributed by atoms with E-state index in [1.807, 2.05) is 0 Å². The predicted octanol–water partition coefficient (Wildman–Crippen LogP) is -0.366. The Balaban J connectivity index is 3.96. The Morgan fingerprint density at radius 3 is 2.17 bits per heavy atom. The maximum absolute atomic E-state index is 5.39. The first kappa shape index (κ1) is 12.1. The van der Waals surface area contributed by atoms with E-state index < -0.39 is 9.28 Å². The zero-order valence-electron chi connectivity index (χ0n) is 8.31. The van der Waals surface area contributed by atoms with Crippen LogP contribution < -0.4 is 11.1 Å². The van der Waals surface area contributed by atoms with Crippen molar-refractivity contribution in [2.45, 2.75) is 19.0 Å². The summed E-state index contributed by atoms with van der Waals surface area (Å²) in [5.74, 6) is 0. The summed E-state index contributed by atoms with van der Waals surface area (Å²) in [6, 6.07) is 0. The van der Waals surface area contributed by atoms with Gasteiger partial charge in [0.05, 0.1) is 5.16 Å². The van der Waals surface area contributed by atoms with Gasteiger partial charge >= 0.3 is 9.28 Å². The maximum Gasteiger partial charge on any atom is 0.405 e. The number of hydrogen-bond donors (Lipinski definition) is 2. The van der Waals surface area contributed by atoms with Gasteiger partial charge in [-0.15, -0.1) is 0 Å². The summed E-state index contributed by atoms with van der Waals surface area (Å²) < 4.78 is 10.5. The van der Waals surface area contributed by atoms with Gasteiger partial charge in [0.2, 0.25) is 0 Å². The molecule has 0 aromatic carbocycles. The van der Waals surface area contributed by atoms with Crippen LogP contribution in [0.2, 0.25) is 0 Å². The van der Waals surface area contributed by atoms with Crippen LogP contribution in [0, 0.1) is 0 Å². The smallest absolute Gasteiger partial charge is 0.396 e. The highest BCUT2D eigenvalue weighted by atomic mass is 28.3. The highest BCUT2D eigenvalue weighted by molar-refractivity contribution is 6.48. The van der Waals surface area contributed by atoms with Crippen LogP contribution in [-0.2, 0) is 8.85 Å². The summed E-state index contributed by atoms with van der Waals surface area (Å²) >= 11 is 0. The molecule has 0 fully saturated rings. The van der Waals surface area contributed by atoms with E-state index in [9.17, 15) is 0 Å². The molecule has 0 heterocycles. The Bertz CT molecular complexity index is 118. The van der Waals surface area contributed by atoms with Crippen LogP contribution in [0.15, 0.2) is 0 Å². The van der Waals surface area contributed by atoms with E-state index in [2.05, 4.69) is 19.2 Å². The fraction of sp³-hybridized carbons (Fsp3) is 1.00. The van der Waals surface area contributed by atoms with Crippen molar-refractivity contribution in [1.29, 1.82) is 0 Å². The quantitative estimate of drug-likeness (QED) is 0.563. The maximum atomic E-state index is 5.39. The Labute approximate surface area is 76.3 Å². The lowest BCUT2D eigenvalue weighted by molar-refractivity contribution is 0.237. The standard InChI is InChI=1S/C7H19N2O2Si/c1-7(2,9-6-5-8)12(10-3)11-4/h9H,5-6,8H2,1-4H3. The van der Waals surface area contributed by atoms with E-state index in [0.717, 1.165) is 6.54 Å². The first-order valence-corrected chi connectivity index (χ1v) is 5.30. The van der Waals surface area contributed by atoms with E-state index >= 15 is 0 Å². The first-order valence-electron chi connectivity index (χ1n) is 3.99. The fourth-order valence-corrected chi connectivity index (χ4v) is 2.51. The second-order valence-electron chi connectivity index (χ2n) is 3.04. The van der Waals surface area contributed by atoms with Gasteiger partial charge in [0, 0.05) is 27.3 Å². The lowest BCUT2D eigenvalue weighted by Gasteiger charge is -2.29. The molecule has 0 aliphatic carbocycles. The van der Waals surface area contributed by atoms with Crippen molar-refractivity contribution in [3.05, 3.63) is 0 Å². The molecule has 0 aromatic heterocycles. The van der Waals surface area contributed by atoms with Gasteiger partial charge in [0.1, 0.15) is 0 Å². The average Bonchev–Trinajstić information content (AvgIpc) is 2.03. The van der Waals surface area contributed by atoms with E-state index in [1.165, 1.54) is 0 Å². The van der Waals surface area contributed by atoms with Crippen LogP contribution in [0.3, 0.4) is 0 Å². The highest BCUT2D eigenvalue weighted by Crippen LogP contribution is 2.08. The highest BCUT2D eigenvalue weighted by Gasteiger charge is 2.33. The topological polar surface area (TPSA) is 56.5 Å². The number of hydrogen-bond acceptors (Lipinski definition) is 4. The minimum absolute atomic E-state index is 0.104. The van der Waals surface area contributed by atoms with Crippen molar-refractivity contribution in [1.82, 2.24) is 5.32 Å². The minimum atomic E-state index is -1.24. The van der Waals surface area contributed by atoms with Gasteiger partial charge < -0.3 is 19.9 Å². The molecule has 0 aliphatic heterocycles. The van der Waals surface area contributed by atoms with Crippen LogP contribution in [0.25, 0.3) is 0 Å². The molecule has 0 rings (SSSR count). The number of nitrogens with two attached hydrogens (primary N) is 1. The van der Waals surface area contributed by atoms with Crippen molar-refractivity contribution in [2.75, 3.05) is 27.3 Å². The lowest BCUT2D eigenvalue weighted by Crippen LogP contribution is -2.55. The van der Waals surface area contributed by atoms with Crippen molar-refractivity contribution >= 4 is 9.28 Å². The van der Waals surface area contributed by atoms with Crippen LogP contribution in [0.4, 0.5) is 0 Å². The molecular weight excluding hydrogens is 172 g/mol. The van der Waals surface area contributed by atoms with Crippen LogP contribution in [0.5, 0.6) is 0 Å². The van der Waals surface area contributed by atoms with E-state index in [-0.39, 0.29) is 5.16 Å². The monoisotopic (exact) mass is 191 g/mol. The van der Waals surface area contributed by atoms with Crippen LogP contribution in [0.1, 0.15) is 13.8 Å². The molecule has 12 heavy (non-hydrogen) atoms. The Hall–Kier alpha value is 0.0569. The molecule has 0 unspecified atom stereocenters. The fourth-order valence-electron chi connectivity index (χ4n) is 1.05. The minimum Gasteiger partial charge on any atom is -0.396 e. The summed E-state index contributed by atoms with van der Waals surface area (Å²) in [4.78, 5) is 0. The van der Waals surface area contributed by atoms with Gasteiger partial charge in [-0.2, -0.15) is 0 Å². The van der Waals surface area contributed by atoms with Gasteiger partial charge in [-0.25, -0.2) is 0 Å². The van der Waals surface area contributed by atoms with Gasteiger partial charge in [0.15, 0.2) is 0 Å². The molecule has 0 aromatic rings. The molecule has 3 N–H and O–H groups in total. The van der Waals surface area contributed by atoms with E-state index in [4.69, 9.17) is 14.6 Å². The third-order valence-corrected chi connectivity index (χ3v) is 3.53. The zero-order valence-corrected chi connectivity index (χ0v) is 9.31. The number of rotatable bonds is 6. The molecule has 5 heteroatoms. The predicted molar refractivity (Wildman–Crippen MR) is 50.9 cm³/mol. The van der Waals surface area contributed by atoms with Crippen molar-refractivity contribution in [2.24, 2.45) is 5.73 Å². The summed E-state index contributed by atoms with van der Waals surface area (Å²) in [5, 5.41) is 3.18. The summed E-state index contributed by atoms with van der Waals surface area (Å²) in [6.07, 6.45) is 0. The summed E-state index contributed by atoms with van der Waals surface area (Å²) in [7, 11) is 2.10. The normalized spacial score (nSPS) is 12.5. The number of nitrogens with one attached hydrogen (secondary N) is 1.